The molecular weight excluding hydrogens is 236 g/mol. The minimum atomic E-state index is -2.56. The highest BCUT2D eigenvalue weighted by atomic mass is 28.4. The van der Waals surface area contributed by atoms with E-state index in [1.165, 1.54) is 0 Å². The zero-order chi connectivity index (χ0) is 13.1. The quantitative estimate of drug-likeness (QED) is 0.337. The van der Waals surface area contributed by atoms with Crippen molar-refractivity contribution in [3.05, 3.63) is 0 Å². The molecule has 0 aromatic heterocycles. The molecule has 0 bridgehead atoms. The third-order valence-corrected chi connectivity index (χ3v) is 6.44. The molecule has 0 aliphatic heterocycles. The van der Waals surface area contributed by atoms with Crippen LogP contribution >= 0.6 is 0 Å². The van der Waals surface area contributed by atoms with E-state index in [0.717, 1.165) is 19.4 Å². The molecule has 0 aromatic carbocycles. The summed E-state index contributed by atoms with van der Waals surface area (Å²) in [7, 11) is -2.56. The molecule has 1 atom stereocenters. The Kier molecular flexibility index (Phi) is 10.00. The third-order valence-electron chi connectivity index (χ3n) is 2.67. The lowest BCUT2D eigenvalue weighted by Gasteiger charge is -2.34. The fraction of sp³-hybridized carbons (Fsp3) is 1.00. The van der Waals surface area contributed by atoms with Gasteiger partial charge in [0.2, 0.25) is 0 Å². The standard InChI is InChI=1S/C11H28N2O3Si/c1-5-11(9-10-13-12)17(14-6-2,15-7-3)16-8-4/h11,13H,5-10,12H2,1-4H3. The van der Waals surface area contributed by atoms with Gasteiger partial charge < -0.3 is 13.3 Å². The fourth-order valence-electron chi connectivity index (χ4n) is 1.97. The number of nitrogens with one attached hydrogen (secondary N) is 1. The molecule has 6 heteroatoms. The minimum Gasteiger partial charge on any atom is -0.374 e. The number of hydrazine groups is 1. The number of hydrogen-bond donors (Lipinski definition) is 2. The monoisotopic (exact) mass is 264 g/mol. The summed E-state index contributed by atoms with van der Waals surface area (Å²) in [5.74, 6) is 5.34. The molecular formula is C11H28N2O3Si. The molecule has 0 aliphatic carbocycles. The first-order valence-electron chi connectivity index (χ1n) is 6.55. The lowest BCUT2D eigenvalue weighted by Crippen LogP contribution is -2.51. The molecule has 0 aromatic rings. The van der Waals surface area contributed by atoms with Crippen molar-refractivity contribution in [1.82, 2.24) is 5.43 Å². The van der Waals surface area contributed by atoms with Crippen molar-refractivity contribution < 1.29 is 13.3 Å². The van der Waals surface area contributed by atoms with Crippen molar-refractivity contribution >= 4 is 8.80 Å². The molecule has 0 heterocycles. The predicted molar refractivity (Wildman–Crippen MR) is 71.5 cm³/mol. The van der Waals surface area contributed by atoms with Gasteiger partial charge in [-0.3, -0.25) is 11.3 Å². The largest absolute Gasteiger partial charge is 0.504 e. The third kappa shape index (κ3) is 5.46. The zero-order valence-corrected chi connectivity index (χ0v) is 12.6. The summed E-state index contributed by atoms with van der Waals surface area (Å²) in [4.78, 5) is 0. The van der Waals surface area contributed by atoms with E-state index < -0.39 is 8.80 Å². The molecule has 0 amide bonds. The van der Waals surface area contributed by atoms with Crippen LogP contribution < -0.4 is 11.3 Å². The first-order valence-corrected chi connectivity index (χ1v) is 8.36. The Morgan fingerprint density at radius 1 is 1.00 bits per heavy atom. The van der Waals surface area contributed by atoms with Crippen molar-refractivity contribution in [2.24, 2.45) is 5.84 Å². The molecule has 17 heavy (non-hydrogen) atoms. The van der Waals surface area contributed by atoms with Gasteiger partial charge in [0.05, 0.1) is 0 Å². The van der Waals surface area contributed by atoms with Gasteiger partial charge in [-0.1, -0.05) is 6.92 Å². The summed E-state index contributed by atoms with van der Waals surface area (Å²) >= 11 is 0. The Morgan fingerprint density at radius 3 is 1.76 bits per heavy atom. The van der Waals surface area contributed by atoms with Gasteiger partial charge in [0, 0.05) is 31.9 Å². The molecule has 0 saturated heterocycles. The summed E-state index contributed by atoms with van der Waals surface area (Å²) in [6.45, 7) is 10.7. The lowest BCUT2D eigenvalue weighted by atomic mass is 10.2. The summed E-state index contributed by atoms with van der Waals surface area (Å²) in [6, 6.07) is 0. The van der Waals surface area contributed by atoms with Crippen LogP contribution in [0.1, 0.15) is 40.5 Å². The Labute approximate surface area is 106 Å². The molecule has 0 rings (SSSR count). The van der Waals surface area contributed by atoms with Gasteiger partial charge in [0.15, 0.2) is 0 Å². The topological polar surface area (TPSA) is 65.7 Å². The highest BCUT2D eigenvalue weighted by molar-refractivity contribution is 6.62. The minimum absolute atomic E-state index is 0.304. The van der Waals surface area contributed by atoms with Gasteiger partial charge >= 0.3 is 8.80 Å². The fourth-order valence-corrected chi connectivity index (χ4v) is 5.13. The van der Waals surface area contributed by atoms with Crippen LogP contribution in [0, 0.1) is 0 Å². The maximum atomic E-state index is 5.89. The average Bonchev–Trinajstić information content (AvgIpc) is 2.31. The Bertz CT molecular complexity index is 167. The van der Waals surface area contributed by atoms with Crippen molar-refractivity contribution in [2.45, 2.75) is 46.1 Å². The van der Waals surface area contributed by atoms with Crippen LogP contribution in [0.5, 0.6) is 0 Å². The molecule has 5 nitrogen and oxygen atoms in total. The second-order valence-electron chi connectivity index (χ2n) is 3.75. The van der Waals surface area contributed by atoms with Crippen LogP contribution in [0.2, 0.25) is 5.54 Å². The predicted octanol–water partition coefficient (Wildman–Crippen LogP) is 1.67. The summed E-state index contributed by atoms with van der Waals surface area (Å²) in [5, 5.41) is 0. The molecule has 0 aliphatic rings. The maximum Gasteiger partial charge on any atom is 0.504 e. The number of nitrogens with two attached hydrogens (primary N) is 1. The molecule has 0 spiro atoms. The van der Waals surface area contributed by atoms with Crippen molar-refractivity contribution in [3.8, 4) is 0 Å². The second-order valence-corrected chi connectivity index (χ2v) is 6.64. The van der Waals surface area contributed by atoms with Crippen molar-refractivity contribution in [3.63, 3.8) is 0 Å². The van der Waals surface area contributed by atoms with E-state index in [0.29, 0.717) is 25.4 Å². The van der Waals surface area contributed by atoms with E-state index in [9.17, 15) is 0 Å². The van der Waals surface area contributed by atoms with Gasteiger partial charge in [-0.25, -0.2) is 0 Å². The van der Waals surface area contributed by atoms with Crippen LogP contribution in [0.3, 0.4) is 0 Å². The van der Waals surface area contributed by atoms with Gasteiger partial charge in [0.1, 0.15) is 0 Å². The second kappa shape index (κ2) is 9.99. The SMILES string of the molecule is CCO[Si](OCC)(OCC)C(CC)CCNN. The van der Waals surface area contributed by atoms with E-state index >= 15 is 0 Å². The molecule has 0 saturated carbocycles. The van der Waals surface area contributed by atoms with E-state index in [2.05, 4.69) is 12.3 Å². The van der Waals surface area contributed by atoms with Gasteiger partial charge in [-0.2, -0.15) is 0 Å². The van der Waals surface area contributed by atoms with E-state index in [-0.39, 0.29) is 0 Å². The summed E-state index contributed by atoms with van der Waals surface area (Å²) in [5.41, 5.74) is 2.99. The lowest BCUT2D eigenvalue weighted by molar-refractivity contribution is 0.0592. The van der Waals surface area contributed by atoms with E-state index in [1.807, 2.05) is 20.8 Å². The smallest absolute Gasteiger partial charge is 0.374 e. The average molecular weight is 264 g/mol. The highest BCUT2D eigenvalue weighted by Crippen LogP contribution is 2.31. The number of hydrogen-bond acceptors (Lipinski definition) is 5. The van der Waals surface area contributed by atoms with E-state index in [1.54, 1.807) is 0 Å². The normalized spacial score (nSPS) is 13.9. The molecule has 0 radical (unpaired) electrons. The Balaban J connectivity index is 4.76. The van der Waals surface area contributed by atoms with Crippen LogP contribution in [0.15, 0.2) is 0 Å². The van der Waals surface area contributed by atoms with Crippen LogP contribution in [-0.4, -0.2) is 35.2 Å². The van der Waals surface area contributed by atoms with E-state index in [4.69, 9.17) is 19.1 Å². The van der Waals surface area contributed by atoms with Gasteiger partial charge in [-0.15, -0.1) is 0 Å². The number of rotatable bonds is 11. The maximum absolute atomic E-state index is 5.89. The van der Waals surface area contributed by atoms with Gasteiger partial charge in [-0.05, 0) is 33.6 Å². The van der Waals surface area contributed by atoms with Crippen LogP contribution in [0.25, 0.3) is 0 Å². The van der Waals surface area contributed by atoms with Crippen molar-refractivity contribution in [2.75, 3.05) is 26.4 Å². The Hall–Kier alpha value is 0.0169. The highest BCUT2D eigenvalue weighted by Gasteiger charge is 2.47. The van der Waals surface area contributed by atoms with Crippen molar-refractivity contribution in [1.29, 1.82) is 0 Å². The van der Waals surface area contributed by atoms with Crippen LogP contribution in [-0.2, 0) is 13.3 Å². The Morgan fingerprint density at radius 2 is 1.47 bits per heavy atom. The summed E-state index contributed by atoms with van der Waals surface area (Å²) in [6.07, 6.45) is 1.90. The molecule has 104 valence electrons. The van der Waals surface area contributed by atoms with Gasteiger partial charge in [0.25, 0.3) is 0 Å². The van der Waals surface area contributed by atoms with Crippen LogP contribution in [0.4, 0.5) is 0 Å². The molecule has 1 unspecified atom stereocenters. The zero-order valence-electron chi connectivity index (χ0n) is 11.6. The first-order chi connectivity index (χ1) is 8.20. The molecule has 0 fully saturated rings. The first kappa shape index (κ1) is 17.0. The summed E-state index contributed by atoms with van der Waals surface area (Å²) < 4.78 is 17.7. The molecule has 3 N–H and O–H groups in total.